The van der Waals surface area contributed by atoms with E-state index in [-0.39, 0.29) is 5.91 Å². The van der Waals surface area contributed by atoms with Gasteiger partial charge in [0.1, 0.15) is 6.61 Å². The average molecular weight is 329 g/mol. The molecule has 0 atom stereocenters. The van der Waals surface area contributed by atoms with Gasteiger partial charge in [0.2, 0.25) is 5.91 Å². The SMILES string of the molecule is COCc1ncc2c(n1)CCN(C(=O)Cc1ccn(C(C)C)n1)C2. The van der Waals surface area contributed by atoms with Gasteiger partial charge in [-0.15, -0.1) is 0 Å². The van der Waals surface area contributed by atoms with Gasteiger partial charge < -0.3 is 9.64 Å². The Hall–Kier alpha value is -2.28. The Labute approximate surface area is 141 Å². The molecule has 7 nitrogen and oxygen atoms in total. The number of fused-ring (bicyclic) bond motifs is 1. The molecule has 0 saturated carbocycles. The minimum atomic E-state index is 0.0932. The van der Waals surface area contributed by atoms with Crippen molar-refractivity contribution in [3.05, 3.63) is 41.2 Å². The van der Waals surface area contributed by atoms with E-state index in [9.17, 15) is 4.79 Å². The van der Waals surface area contributed by atoms with E-state index in [1.54, 1.807) is 7.11 Å². The largest absolute Gasteiger partial charge is 0.377 e. The van der Waals surface area contributed by atoms with E-state index in [2.05, 4.69) is 28.9 Å². The first kappa shape index (κ1) is 16.6. The molecule has 128 valence electrons. The Morgan fingerprint density at radius 3 is 2.96 bits per heavy atom. The topological polar surface area (TPSA) is 73.1 Å². The lowest BCUT2D eigenvalue weighted by Gasteiger charge is -2.28. The monoisotopic (exact) mass is 329 g/mol. The highest BCUT2D eigenvalue weighted by Crippen LogP contribution is 2.18. The molecule has 1 aliphatic rings. The maximum atomic E-state index is 12.5. The van der Waals surface area contributed by atoms with Gasteiger partial charge in [-0.3, -0.25) is 9.48 Å². The molecular formula is C17H23N5O2. The second kappa shape index (κ2) is 7.09. The van der Waals surface area contributed by atoms with E-state index < -0.39 is 0 Å². The van der Waals surface area contributed by atoms with Gasteiger partial charge in [0.15, 0.2) is 5.82 Å². The molecule has 0 N–H and O–H groups in total. The van der Waals surface area contributed by atoms with Gasteiger partial charge in [0, 0.05) is 50.6 Å². The van der Waals surface area contributed by atoms with Gasteiger partial charge in [0.25, 0.3) is 0 Å². The molecule has 1 aliphatic heterocycles. The molecule has 3 rings (SSSR count). The zero-order valence-corrected chi connectivity index (χ0v) is 14.4. The number of carbonyl (C=O) groups is 1. The summed E-state index contributed by atoms with van der Waals surface area (Å²) in [6.45, 7) is 5.79. The number of hydrogen-bond acceptors (Lipinski definition) is 5. The van der Waals surface area contributed by atoms with E-state index in [4.69, 9.17) is 4.74 Å². The van der Waals surface area contributed by atoms with E-state index in [1.807, 2.05) is 28.0 Å². The number of nitrogens with zero attached hydrogens (tertiary/aromatic N) is 5. The van der Waals surface area contributed by atoms with Crippen LogP contribution in [0.15, 0.2) is 18.5 Å². The lowest BCUT2D eigenvalue weighted by Crippen LogP contribution is -2.37. The van der Waals surface area contributed by atoms with Gasteiger partial charge in [-0.2, -0.15) is 5.10 Å². The molecule has 0 spiro atoms. The van der Waals surface area contributed by atoms with Crippen molar-refractivity contribution >= 4 is 5.91 Å². The van der Waals surface area contributed by atoms with Crippen LogP contribution in [0.4, 0.5) is 0 Å². The highest BCUT2D eigenvalue weighted by atomic mass is 16.5. The minimum Gasteiger partial charge on any atom is -0.377 e. The summed E-state index contributed by atoms with van der Waals surface area (Å²) in [5, 5.41) is 4.45. The Kier molecular flexibility index (Phi) is 4.89. The van der Waals surface area contributed by atoms with E-state index in [0.29, 0.717) is 38.0 Å². The predicted molar refractivity (Wildman–Crippen MR) is 88.2 cm³/mol. The lowest BCUT2D eigenvalue weighted by molar-refractivity contribution is -0.131. The van der Waals surface area contributed by atoms with Gasteiger partial charge >= 0.3 is 0 Å². The van der Waals surface area contributed by atoms with E-state index >= 15 is 0 Å². The van der Waals surface area contributed by atoms with Crippen molar-refractivity contribution in [3.63, 3.8) is 0 Å². The number of carbonyl (C=O) groups excluding carboxylic acids is 1. The smallest absolute Gasteiger partial charge is 0.228 e. The molecule has 0 aromatic carbocycles. The normalized spacial score (nSPS) is 14.1. The molecule has 3 heterocycles. The summed E-state index contributed by atoms with van der Waals surface area (Å²) in [6, 6.07) is 2.21. The fraction of sp³-hybridized carbons (Fsp3) is 0.529. The molecule has 0 radical (unpaired) electrons. The maximum Gasteiger partial charge on any atom is 0.228 e. The zero-order chi connectivity index (χ0) is 17.1. The first-order chi connectivity index (χ1) is 11.6. The number of hydrogen-bond donors (Lipinski definition) is 0. The van der Waals surface area contributed by atoms with Crippen molar-refractivity contribution in [1.82, 2.24) is 24.6 Å². The fourth-order valence-corrected chi connectivity index (χ4v) is 2.80. The number of rotatable bonds is 5. The van der Waals surface area contributed by atoms with Gasteiger partial charge in [-0.1, -0.05) is 0 Å². The Bertz CT molecular complexity index is 726. The molecule has 1 amide bonds. The first-order valence-electron chi connectivity index (χ1n) is 8.21. The van der Waals surface area contributed by atoms with Crippen molar-refractivity contribution in [2.75, 3.05) is 13.7 Å². The summed E-state index contributed by atoms with van der Waals surface area (Å²) in [6.07, 6.45) is 4.81. The Morgan fingerprint density at radius 1 is 1.42 bits per heavy atom. The highest BCUT2D eigenvalue weighted by molar-refractivity contribution is 5.78. The molecule has 2 aromatic rings. The third-order valence-corrected chi connectivity index (χ3v) is 4.13. The lowest BCUT2D eigenvalue weighted by atomic mass is 10.1. The highest BCUT2D eigenvalue weighted by Gasteiger charge is 2.23. The van der Waals surface area contributed by atoms with Crippen LogP contribution < -0.4 is 0 Å². The standard InChI is InChI=1S/C17H23N5O2/c1-12(2)22-7-4-14(20-22)8-17(23)21-6-5-15-13(10-21)9-18-16(19-15)11-24-3/h4,7,9,12H,5-6,8,10-11H2,1-3H3. The average Bonchev–Trinajstić information content (AvgIpc) is 3.03. The van der Waals surface area contributed by atoms with Crippen LogP contribution in [0.3, 0.4) is 0 Å². The second-order valence-corrected chi connectivity index (χ2v) is 6.31. The molecule has 0 unspecified atom stereocenters. The molecule has 7 heteroatoms. The fourth-order valence-electron chi connectivity index (χ4n) is 2.80. The van der Waals surface area contributed by atoms with Crippen LogP contribution in [0, 0.1) is 0 Å². The number of amides is 1. The number of aromatic nitrogens is 4. The van der Waals surface area contributed by atoms with E-state index in [1.165, 1.54) is 0 Å². The van der Waals surface area contributed by atoms with Crippen LogP contribution in [-0.2, 0) is 35.5 Å². The maximum absolute atomic E-state index is 12.5. The summed E-state index contributed by atoms with van der Waals surface area (Å²) in [5.41, 5.74) is 2.85. The van der Waals surface area contributed by atoms with E-state index in [0.717, 1.165) is 23.4 Å². The quantitative estimate of drug-likeness (QED) is 0.832. The van der Waals surface area contributed by atoms with Crippen molar-refractivity contribution in [1.29, 1.82) is 0 Å². The third-order valence-electron chi connectivity index (χ3n) is 4.13. The zero-order valence-electron chi connectivity index (χ0n) is 14.4. The van der Waals surface area contributed by atoms with Crippen LogP contribution in [0.5, 0.6) is 0 Å². The predicted octanol–water partition coefficient (Wildman–Crippen LogP) is 1.53. The van der Waals surface area contributed by atoms with Crippen molar-refractivity contribution in [2.24, 2.45) is 0 Å². The van der Waals surface area contributed by atoms with Crippen molar-refractivity contribution < 1.29 is 9.53 Å². The molecule has 2 aromatic heterocycles. The Balaban J connectivity index is 1.64. The van der Waals surface area contributed by atoms with Crippen molar-refractivity contribution in [3.8, 4) is 0 Å². The molecule has 0 fully saturated rings. The Morgan fingerprint density at radius 2 is 2.25 bits per heavy atom. The molecule has 0 aliphatic carbocycles. The van der Waals surface area contributed by atoms with Crippen LogP contribution in [0.25, 0.3) is 0 Å². The van der Waals surface area contributed by atoms with Crippen molar-refractivity contribution in [2.45, 2.75) is 45.9 Å². The summed E-state index contributed by atoms with van der Waals surface area (Å²) in [7, 11) is 1.63. The summed E-state index contributed by atoms with van der Waals surface area (Å²) in [4.78, 5) is 23.2. The number of ether oxygens (including phenoxy) is 1. The molecular weight excluding hydrogens is 306 g/mol. The summed E-state index contributed by atoms with van der Waals surface area (Å²) < 4.78 is 6.94. The first-order valence-corrected chi connectivity index (χ1v) is 8.21. The summed E-state index contributed by atoms with van der Waals surface area (Å²) >= 11 is 0. The molecule has 0 bridgehead atoms. The number of methoxy groups -OCH3 is 1. The molecule has 0 saturated heterocycles. The van der Waals surface area contributed by atoms with Gasteiger partial charge in [-0.25, -0.2) is 9.97 Å². The van der Waals surface area contributed by atoms with Gasteiger partial charge in [-0.05, 0) is 19.9 Å². The minimum absolute atomic E-state index is 0.0932. The van der Waals surface area contributed by atoms with Crippen LogP contribution in [-0.4, -0.2) is 44.2 Å². The third kappa shape index (κ3) is 3.62. The van der Waals surface area contributed by atoms with Gasteiger partial charge in [0.05, 0.1) is 17.8 Å². The molecule has 24 heavy (non-hydrogen) atoms. The van der Waals surface area contributed by atoms with Crippen LogP contribution in [0.2, 0.25) is 0 Å². The van der Waals surface area contributed by atoms with Crippen LogP contribution in [0.1, 0.15) is 42.7 Å². The van der Waals surface area contributed by atoms with Crippen LogP contribution >= 0.6 is 0 Å². The second-order valence-electron chi connectivity index (χ2n) is 6.31. The summed E-state index contributed by atoms with van der Waals surface area (Å²) in [5.74, 6) is 0.783.